The maximum absolute atomic E-state index is 13.1. The molecule has 0 unspecified atom stereocenters. The van der Waals surface area contributed by atoms with E-state index in [0.717, 1.165) is 31.6 Å². The van der Waals surface area contributed by atoms with Gasteiger partial charge in [-0.2, -0.15) is 5.10 Å². The second-order valence-electron chi connectivity index (χ2n) is 6.49. The summed E-state index contributed by atoms with van der Waals surface area (Å²) in [5.74, 6) is 0.698. The molecular formula is C20H21N3O2. The summed E-state index contributed by atoms with van der Waals surface area (Å²) >= 11 is 0. The number of likely N-dealkylation sites (tertiary alicyclic amines) is 1. The molecule has 1 saturated heterocycles. The van der Waals surface area contributed by atoms with E-state index < -0.39 is 0 Å². The molecule has 0 bridgehead atoms. The first-order valence-corrected chi connectivity index (χ1v) is 8.72. The highest BCUT2D eigenvalue weighted by Gasteiger charge is 2.24. The third-order valence-corrected chi connectivity index (χ3v) is 4.62. The van der Waals surface area contributed by atoms with Gasteiger partial charge in [0.15, 0.2) is 5.76 Å². The summed E-state index contributed by atoms with van der Waals surface area (Å²) in [5, 5.41) is 4.64. The van der Waals surface area contributed by atoms with Gasteiger partial charge in [0, 0.05) is 19.2 Å². The predicted molar refractivity (Wildman–Crippen MR) is 95.8 cm³/mol. The molecule has 2 aromatic heterocycles. The van der Waals surface area contributed by atoms with Crippen LogP contribution in [0.3, 0.4) is 0 Å². The average molecular weight is 335 g/mol. The van der Waals surface area contributed by atoms with Gasteiger partial charge in [0.2, 0.25) is 0 Å². The molecule has 1 amide bonds. The molecule has 3 heterocycles. The van der Waals surface area contributed by atoms with E-state index >= 15 is 0 Å². The van der Waals surface area contributed by atoms with Gasteiger partial charge in [-0.05, 0) is 50.5 Å². The van der Waals surface area contributed by atoms with Gasteiger partial charge in [0.1, 0.15) is 11.4 Å². The molecule has 0 aliphatic carbocycles. The van der Waals surface area contributed by atoms with Gasteiger partial charge < -0.3 is 9.32 Å². The van der Waals surface area contributed by atoms with E-state index in [1.165, 1.54) is 12.0 Å². The Morgan fingerprint density at radius 1 is 1.08 bits per heavy atom. The zero-order valence-electron chi connectivity index (χ0n) is 14.3. The van der Waals surface area contributed by atoms with Gasteiger partial charge in [-0.15, -0.1) is 0 Å². The van der Waals surface area contributed by atoms with E-state index in [-0.39, 0.29) is 5.91 Å². The second-order valence-corrected chi connectivity index (χ2v) is 6.49. The largest absolute Gasteiger partial charge is 0.463 e. The van der Waals surface area contributed by atoms with Crippen LogP contribution in [0.25, 0.3) is 17.1 Å². The summed E-state index contributed by atoms with van der Waals surface area (Å²) in [5.41, 5.74) is 3.30. The Kier molecular flexibility index (Phi) is 4.14. The fourth-order valence-electron chi connectivity index (χ4n) is 3.22. The van der Waals surface area contributed by atoms with E-state index in [0.29, 0.717) is 17.1 Å². The van der Waals surface area contributed by atoms with Gasteiger partial charge in [-0.3, -0.25) is 4.79 Å². The van der Waals surface area contributed by atoms with Crippen LogP contribution in [-0.4, -0.2) is 33.7 Å². The summed E-state index contributed by atoms with van der Waals surface area (Å²) < 4.78 is 7.20. The van der Waals surface area contributed by atoms with E-state index in [2.05, 4.69) is 5.10 Å². The number of hydrogen-bond donors (Lipinski definition) is 0. The Labute approximate surface area is 146 Å². The molecule has 1 aromatic carbocycles. The fraction of sp³-hybridized carbons (Fsp3) is 0.300. The molecular weight excluding hydrogens is 314 g/mol. The van der Waals surface area contributed by atoms with E-state index in [9.17, 15) is 4.79 Å². The van der Waals surface area contributed by atoms with Crippen molar-refractivity contribution in [1.82, 2.24) is 14.7 Å². The van der Waals surface area contributed by atoms with Crippen LogP contribution >= 0.6 is 0 Å². The molecule has 0 atom stereocenters. The number of aryl methyl sites for hydroxylation is 1. The minimum Gasteiger partial charge on any atom is -0.463 e. The van der Waals surface area contributed by atoms with Crippen molar-refractivity contribution in [2.75, 3.05) is 13.1 Å². The number of aromatic nitrogens is 2. The lowest BCUT2D eigenvalue weighted by Gasteiger charge is -2.26. The zero-order chi connectivity index (χ0) is 17.2. The highest BCUT2D eigenvalue weighted by atomic mass is 16.3. The number of furan rings is 1. The topological polar surface area (TPSA) is 51.3 Å². The first-order chi connectivity index (χ1) is 12.2. The summed E-state index contributed by atoms with van der Waals surface area (Å²) in [6, 6.07) is 13.5. The Balaban J connectivity index is 1.77. The Hall–Kier alpha value is -2.82. The predicted octanol–water partition coefficient (Wildman–Crippen LogP) is 4.07. The van der Waals surface area contributed by atoms with E-state index in [4.69, 9.17) is 4.42 Å². The first-order valence-electron chi connectivity index (χ1n) is 8.72. The minimum absolute atomic E-state index is 0.0329. The van der Waals surface area contributed by atoms with Crippen LogP contribution in [0, 0.1) is 6.92 Å². The number of piperidine rings is 1. The van der Waals surface area contributed by atoms with Crippen LogP contribution < -0.4 is 0 Å². The summed E-state index contributed by atoms with van der Waals surface area (Å²) in [6.07, 6.45) is 4.94. The molecule has 0 N–H and O–H groups in total. The Morgan fingerprint density at radius 3 is 2.52 bits per heavy atom. The standard InChI is InChI=1S/C20H21N3O2/c1-15-7-9-16(10-8-15)23-18(20(24)22-11-3-2-4-12-22)14-17(21-23)19-6-5-13-25-19/h5-10,13-14H,2-4,11-12H2,1H3. The molecule has 4 rings (SSSR count). The normalized spacial score (nSPS) is 14.7. The van der Waals surface area contributed by atoms with Crippen molar-refractivity contribution in [3.8, 4) is 17.1 Å². The Morgan fingerprint density at radius 2 is 1.84 bits per heavy atom. The summed E-state index contributed by atoms with van der Waals surface area (Å²) in [6.45, 7) is 3.67. The molecule has 1 fully saturated rings. The van der Waals surface area contributed by atoms with Crippen molar-refractivity contribution >= 4 is 5.91 Å². The molecule has 5 nitrogen and oxygen atoms in total. The zero-order valence-corrected chi connectivity index (χ0v) is 14.3. The third kappa shape index (κ3) is 3.09. The maximum atomic E-state index is 13.1. The lowest BCUT2D eigenvalue weighted by molar-refractivity contribution is 0.0715. The quantitative estimate of drug-likeness (QED) is 0.725. The van der Waals surface area contributed by atoms with Crippen molar-refractivity contribution in [1.29, 1.82) is 0 Å². The van der Waals surface area contributed by atoms with Gasteiger partial charge in [-0.25, -0.2) is 4.68 Å². The number of carbonyl (C=O) groups is 1. The van der Waals surface area contributed by atoms with Gasteiger partial charge >= 0.3 is 0 Å². The molecule has 5 heteroatoms. The number of benzene rings is 1. The summed E-state index contributed by atoms with van der Waals surface area (Å²) in [7, 11) is 0. The molecule has 3 aromatic rings. The number of carbonyl (C=O) groups excluding carboxylic acids is 1. The lowest BCUT2D eigenvalue weighted by Crippen LogP contribution is -2.36. The SMILES string of the molecule is Cc1ccc(-n2nc(-c3ccco3)cc2C(=O)N2CCCCC2)cc1. The van der Waals surface area contributed by atoms with Gasteiger partial charge in [0.25, 0.3) is 5.91 Å². The maximum Gasteiger partial charge on any atom is 0.272 e. The molecule has 0 spiro atoms. The number of nitrogens with zero attached hydrogens (tertiary/aromatic N) is 3. The monoisotopic (exact) mass is 335 g/mol. The fourth-order valence-corrected chi connectivity index (χ4v) is 3.22. The average Bonchev–Trinajstić information content (AvgIpc) is 3.32. The Bertz CT molecular complexity index is 857. The van der Waals surface area contributed by atoms with Gasteiger partial charge in [0.05, 0.1) is 12.0 Å². The molecule has 1 aliphatic rings. The van der Waals surface area contributed by atoms with Crippen molar-refractivity contribution in [2.24, 2.45) is 0 Å². The smallest absolute Gasteiger partial charge is 0.272 e. The van der Waals surface area contributed by atoms with Crippen molar-refractivity contribution in [3.05, 3.63) is 60.0 Å². The molecule has 0 saturated carbocycles. The summed E-state index contributed by atoms with van der Waals surface area (Å²) in [4.78, 5) is 15.0. The van der Waals surface area contributed by atoms with Crippen molar-refractivity contribution in [2.45, 2.75) is 26.2 Å². The molecule has 128 valence electrons. The molecule has 0 radical (unpaired) electrons. The first kappa shape index (κ1) is 15.7. The van der Waals surface area contributed by atoms with Crippen molar-refractivity contribution in [3.63, 3.8) is 0 Å². The highest BCUT2D eigenvalue weighted by molar-refractivity contribution is 5.94. The van der Waals surface area contributed by atoms with Crippen molar-refractivity contribution < 1.29 is 9.21 Å². The number of rotatable bonds is 3. The lowest BCUT2D eigenvalue weighted by atomic mass is 10.1. The van der Waals surface area contributed by atoms with Crippen LogP contribution in [0.1, 0.15) is 35.3 Å². The second kappa shape index (κ2) is 6.59. The van der Waals surface area contributed by atoms with Crippen LogP contribution in [-0.2, 0) is 0 Å². The van der Waals surface area contributed by atoms with Gasteiger partial charge in [-0.1, -0.05) is 17.7 Å². The minimum atomic E-state index is 0.0329. The van der Waals surface area contributed by atoms with Crippen LogP contribution in [0.2, 0.25) is 0 Å². The van der Waals surface area contributed by atoms with Crippen LogP contribution in [0.15, 0.2) is 53.1 Å². The highest BCUT2D eigenvalue weighted by Crippen LogP contribution is 2.24. The molecule has 1 aliphatic heterocycles. The number of hydrogen-bond acceptors (Lipinski definition) is 3. The molecule has 25 heavy (non-hydrogen) atoms. The number of amides is 1. The van der Waals surface area contributed by atoms with E-state index in [1.54, 1.807) is 10.9 Å². The van der Waals surface area contributed by atoms with Crippen LogP contribution in [0.5, 0.6) is 0 Å². The van der Waals surface area contributed by atoms with Crippen LogP contribution in [0.4, 0.5) is 0 Å². The third-order valence-electron chi connectivity index (χ3n) is 4.62. The van der Waals surface area contributed by atoms with E-state index in [1.807, 2.05) is 54.3 Å².